The number of carbonyl (C=O) groups excluding carboxylic acids is 1. The zero-order valence-electron chi connectivity index (χ0n) is 14.6. The average molecular weight is 396 g/mol. The molecule has 1 atom stereocenters. The van der Waals surface area contributed by atoms with E-state index in [-0.39, 0.29) is 10.6 Å². The first-order valence-corrected chi connectivity index (χ1v) is 8.48. The number of carboxylic acids is 1. The van der Waals surface area contributed by atoms with E-state index in [1.165, 1.54) is 18.2 Å². The fraction of sp³-hybridized carbons (Fsp3) is 0.263. The maximum atomic E-state index is 13.7. The molecule has 0 bridgehead atoms. The monoisotopic (exact) mass is 395 g/mol. The summed E-state index contributed by atoms with van der Waals surface area (Å²) in [7, 11) is 1.55. The molecule has 0 saturated heterocycles. The van der Waals surface area contributed by atoms with Crippen molar-refractivity contribution < 1.29 is 28.6 Å². The van der Waals surface area contributed by atoms with Crippen molar-refractivity contribution in [1.82, 2.24) is 5.32 Å². The van der Waals surface area contributed by atoms with Gasteiger partial charge in [0.2, 0.25) is 0 Å². The molecule has 0 aliphatic carbocycles. The average Bonchev–Trinajstić information content (AvgIpc) is 2.63. The molecule has 1 unspecified atom stereocenters. The van der Waals surface area contributed by atoms with Gasteiger partial charge in [0.25, 0.3) is 5.91 Å². The van der Waals surface area contributed by atoms with Gasteiger partial charge in [-0.15, -0.1) is 0 Å². The number of carbonyl (C=O) groups is 2. The number of methoxy groups -OCH3 is 1. The molecule has 2 aromatic carbocycles. The molecule has 0 saturated carbocycles. The van der Waals surface area contributed by atoms with Gasteiger partial charge in [0.05, 0.1) is 24.1 Å². The lowest BCUT2D eigenvalue weighted by Crippen LogP contribution is -2.30. The molecule has 8 heteroatoms. The summed E-state index contributed by atoms with van der Waals surface area (Å²) in [5, 5.41) is 11.6. The highest BCUT2D eigenvalue weighted by Crippen LogP contribution is 2.23. The smallest absolute Gasteiger partial charge is 0.305 e. The number of rotatable bonds is 9. The number of nitrogens with one attached hydrogen (secondary N) is 1. The van der Waals surface area contributed by atoms with E-state index in [2.05, 4.69) is 5.32 Å². The van der Waals surface area contributed by atoms with Crippen molar-refractivity contribution in [3.8, 4) is 5.75 Å². The molecular formula is C19H19ClFNO5. The highest BCUT2D eigenvalue weighted by molar-refractivity contribution is 6.30. The second kappa shape index (κ2) is 9.89. The van der Waals surface area contributed by atoms with Gasteiger partial charge in [0, 0.05) is 12.7 Å². The standard InChI is InChI=1S/C19H19ClFNO5/c1-26-7-8-27-14-4-2-3-13(9-14)19(25)22-17(11-18(23)24)12-5-6-15(20)16(21)10-12/h2-6,9-10,17H,7-8,11H2,1H3,(H,22,25)(H,23,24). The molecule has 1 amide bonds. The maximum Gasteiger partial charge on any atom is 0.305 e. The van der Waals surface area contributed by atoms with Crippen LogP contribution in [0, 0.1) is 5.82 Å². The molecule has 0 aromatic heterocycles. The van der Waals surface area contributed by atoms with Crippen molar-refractivity contribution in [2.24, 2.45) is 0 Å². The highest BCUT2D eigenvalue weighted by Gasteiger charge is 2.20. The van der Waals surface area contributed by atoms with Gasteiger partial charge >= 0.3 is 5.97 Å². The molecule has 2 rings (SSSR count). The number of carboxylic acid groups (broad SMARTS) is 1. The van der Waals surface area contributed by atoms with Crippen LogP contribution in [0.5, 0.6) is 5.75 Å². The number of aliphatic carboxylic acids is 1. The van der Waals surface area contributed by atoms with Crippen LogP contribution in [0.2, 0.25) is 5.02 Å². The number of hydrogen-bond donors (Lipinski definition) is 2. The van der Waals surface area contributed by atoms with Crippen LogP contribution < -0.4 is 10.1 Å². The van der Waals surface area contributed by atoms with Crippen molar-refractivity contribution in [3.05, 3.63) is 64.4 Å². The second-order valence-corrected chi connectivity index (χ2v) is 6.07. The first kappa shape index (κ1) is 20.7. The van der Waals surface area contributed by atoms with E-state index in [0.29, 0.717) is 24.5 Å². The van der Waals surface area contributed by atoms with Crippen molar-refractivity contribution in [1.29, 1.82) is 0 Å². The predicted molar refractivity (Wildman–Crippen MR) is 97.7 cm³/mol. The van der Waals surface area contributed by atoms with Crippen molar-refractivity contribution >= 4 is 23.5 Å². The van der Waals surface area contributed by atoms with Crippen LogP contribution in [0.4, 0.5) is 4.39 Å². The van der Waals surface area contributed by atoms with Crippen LogP contribution in [-0.4, -0.2) is 37.3 Å². The lowest BCUT2D eigenvalue weighted by Gasteiger charge is -2.18. The summed E-state index contributed by atoms with van der Waals surface area (Å²) >= 11 is 5.66. The minimum Gasteiger partial charge on any atom is -0.491 e. The number of benzene rings is 2. The van der Waals surface area contributed by atoms with Crippen molar-refractivity contribution in [3.63, 3.8) is 0 Å². The predicted octanol–water partition coefficient (Wildman–Crippen LogP) is 3.45. The number of halogens is 2. The Balaban J connectivity index is 2.16. The highest BCUT2D eigenvalue weighted by atomic mass is 35.5. The quantitative estimate of drug-likeness (QED) is 0.635. The summed E-state index contributed by atoms with van der Waals surface area (Å²) in [4.78, 5) is 23.7. The molecule has 0 fully saturated rings. The van der Waals surface area contributed by atoms with E-state index < -0.39 is 30.2 Å². The summed E-state index contributed by atoms with van der Waals surface area (Å²) in [5.74, 6) is -1.85. The van der Waals surface area contributed by atoms with Crippen LogP contribution in [0.3, 0.4) is 0 Å². The van der Waals surface area contributed by atoms with Gasteiger partial charge in [0.1, 0.15) is 18.2 Å². The van der Waals surface area contributed by atoms with Crippen LogP contribution in [0.15, 0.2) is 42.5 Å². The Morgan fingerprint density at radius 3 is 2.67 bits per heavy atom. The minimum absolute atomic E-state index is 0.0833. The molecule has 2 N–H and O–H groups in total. The summed E-state index contributed by atoms with van der Waals surface area (Å²) in [6.07, 6.45) is -0.406. The summed E-state index contributed by atoms with van der Waals surface area (Å²) < 4.78 is 24.1. The first-order chi connectivity index (χ1) is 12.9. The molecule has 0 heterocycles. The Labute approximate surface area is 160 Å². The van der Waals surface area contributed by atoms with Crippen molar-refractivity contribution in [2.45, 2.75) is 12.5 Å². The Morgan fingerprint density at radius 2 is 2.00 bits per heavy atom. The third-order valence-corrected chi connectivity index (χ3v) is 3.99. The summed E-state index contributed by atoms with van der Waals surface area (Å²) in [5.41, 5.74) is 0.592. The topological polar surface area (TPSA) is 84.9 Å². The van der Waals surface area contributed by atoms with Crippen LogP contribution in [0.25, 0.3) is 0 Å². The molecule has 0 spiro atoms. The summed E-state index contributed by atoms with van der Waals surface area (Å²) in [6, 6.07) is 9.42. The SMILES string of the molecule is COCCOc1cccc(C(=O)NC(CC(=O)O)c2ccc(Cl)c(F)c2)c1. The number of ether oxygens (including phenoxy) is 2. The Bertz CT molecular complexity index is 814. The van der Waals surface area contributed by atoms with E-state index in [9.17, 15) is 14.0 Å². The largest absolute Gasteiger partial charge is 0.491 e. The van der Waals surface area contributed by atoms with Crippen LogP contribution in [0.1, 0.15) is 28.4 Å². The van der Waals surface area contributed by atoms with E-state index in [1.54, 1.807) is 25.3 Å². The molecular weight excluding hydrogens is 377 g/mol. The lowest BCUT2D eigenvalue weighted by atomic mass is 10.0. The van der Waals surface area contributed by atoms with E-state index in [4.69, 9.17) is 26.2 Å². The molecule has 144 valence electrons. The van der Waals surface area contributed by atoms with Gasteiger partial charge in [-0.05, 0) is 35.9 Å². The molecule has 0 radical (unpaired) electrons. The molecule has 0 aliphatic heterocycles. The van der Waals surface area contributed by atoms with Gasteiger partial charge in [-0.25, -0.2) is 4.39 Å². The van der Waals surface area contributed by atoms with Gasteiger partial charge in [-0.3, -0.25) is 9.59 Å². The number of hydrogen-bond acceptors (Lipinski definition) is 4. The molecule has 2 aromatic rings. The van der Waals surface area contributed by atoms with E-state index >= 15 is 0 Å². The minimum atomic E-state index is -1.13. The van der Waals surface area contributed by atoms with Gasteiger partial charge < -0.3 is 19.9 Å². The van der Waals surface area contributed by atoms with E-state index in [1.807, 2.05) is 0 Å². The molecule has 27 heavy (non-hydrogen) atoms. The normalized spacial score (nSPS) is 11.7. The fourth-order valence-corrected chi connectivity index (χ4v) is 2.49. The first-order valence-electron chi connectivity index (χ1n) is 8.10. The van der Waals surface area contributed by atoms with Crippen molar-refractivity contribution in [2.75, 3.05) is 20.3 Å². The third kappa shape index (κ3) is 6.23. The van der Waals surface area contributed by atoms with Gasteiger partial charge in [0.15, 0.2) is 0 Å². The molecule has 0 aliphatic rings. The second-order valence-electron chi connectivity index (χ2n) is 5.67. The molecule has 6 nitrogen and oxygen atoms in total. The van der Waals surface area contributed by atoms with Crippen LogP contribution in [-0.2, 0) is 9.53 Å². The summed E-state index contributed by atoms with van der Waals surface area (Å²) in [6.45, 7) is 0.729. The zero-order chi connectivity index (χ0) is 19.8. The fourth-order valence-electron chi connectivity index (χ4n) is 2.37. The lowest BCUT2D eigenvalue weighted by molar-refractivity contribution is -0.137. The Morgan fingerprint density at radius 1 is 1.22 bits per heavy atom. The maximum absolute atomic E-state index is 13.7. The van der Waals surface area contributed by atoms with Gasteiger partial charge in [-0.2, -0.15) is 0 Å². The number of amides is 1. The van der Waals surface area contributed by atoms with Gasteiger partial charge in [-0.1, -0.05) is 23.7 Å². The van der Waals surface area contributed by atoms with E-state index in [0.717, 1.165) is 6.07 Å². The third-order valence-electron chi connectivity index (χ3n) is 3.68. The Kier molecular flexibility index (Phi) is 7.57. The zero-order valence-corrected chi connectivity index (χ0v) is 15.3. The Hall–Kier alpha value is -2.64. The van der Waals surface area contributed by atoms with Crippen LogP contribution >= 0.6 is 11.6 Å².